The van der Waals surface area contributed by atoms with Crippen LogP contribution >= 0.6 is 0 Å². The van der Waals surface area contributed by atoms with Crippen molar-refractivity contribution in [1.82, 2.24) is 5.32 Å². The molecule has 1 atom stereocenters. The molecule has 0 saturated carbocycles. The highest BCUT2D eigenvalue weighted by atomic mass is 16.5. The predicted octanol–water partition coefficient (Wildman–Crippen LogP) is 2.28. The zero-order chi connectivity index (χ0) is 19.8. The summed E-state index contributed by atoms with van der Waals surface area (Å²) in [6.07, 6.45) is 4.41. The van der Waals surface area contributed by atoms with Gasteiger partial charge in [0.2, 0.25) is 0 Å². The van der Waals surface area contributed by atoms with Gasteiger partial charge in [0, 0.05) is 6.54 Å². The SMILES string of the molecule is COc1ccc(CCNC(=O)[C@@H](C)[NH+]2CCC(Cc3ccccc3)CC2)cc1. The lowest BCUT2D eigenvalue weighted by Crippen LogP contribution is -3.17. The van der Waals surface area contributed by atoms with Gasteiger partial charge in [0.05, 0.1) is 20.2 Å². The standard InChI is InChI=1S/C24H32N2O2/c1-19(24(27)25-15-12-20-8-10-23(28-2)11-9-20)26-16-13-22(14-17-26)18-21-6-4-3-5-7-21/h3-11,19,22H,12-18H2,1-2H3,(H,25,27)/p+1/t19-/m1/s1. The predicted molar refractivity (Wildman–Crippen MR) is 113 cm³/mol. The summed E-state index contributed by atoms with van der Waals surface area (Å²) in [6.45, 7) is 4.92. The van der Waals surface area contributed by atoms with Gasteiger partial charge in [-0.3, -0.25) is 4.79 Å². The molecule has 1 heterocycles. The van der Waals surface area contributed by atoms with Crippen LogP contribution in [0.25, 0.3) is 0 Å². The Bertz CT molecular complexity index is 722. The number of ether oxygens (including phenoxy) is 1. The Morgan fingerprint density at radius 1 is 1.07 bits per heavy atom. The third-order valence-corrected chi connectivity index (χ3v) is 5.99. The van der Waals surface area contributed by atoms with Gasteiger partial charge in [-0.25, -0.2) is 0 Å². The molecule has 3 rings (SSSR count). The molecular formula is C24H33N2O2+. The van der Waals surface area contributed by atoms with Crippen LogP contribution in [0.1, 0.15) is 30.9 Å². The molecule has 0 unspecified atom stereocenters. The first-order chi connectivity index (χ1) is 13.7. The number of piperidine rings is 1. The first-order valence-electron chi connectivity index (χ1n) is 10.4. The van der Waals surface area contributed by atoms with Gasteiger partial charge in [-0.2, -0.15) is 0 Å². The minimum Gasteiger partial charge on any atom is -0.497 e. The van der Waals surface area contributed by atoms with E-state index < -0.39 is 0 Å². The van der Waals surface area contributed by atoms with Gasteiger partial charge in [0.15, 0.2) is 6.04 Å². The molecule has 1 aliphatic rings. The molecule has 1 amide bonds. The molecule has 4 heteroatoms. The van der Waals surface area contributed by atoms with Gasteiger partial charge in [0.25, 0.3) is 5.91 Å². The number of likely N-dealkylation sites (tertiary alicyclic amines) is 1. The Balaban J connectivity index is 1.37. The maximum absolute atomic E-state index is 12.6. The van der Waals surface area contributed by atoms with Crippen molar-refractivity contribution in [3.8, 4) is 5.75 Å². The Morgan fingerprint density at radius 3 is 2.39 bits per heavy atom. The van der Waals surface area contributed by atoms with E-state index in [-0.39, 0.29) is 11.9 Å². The van der Waals surface area contributed by atoms with E-state index in [0.29, 0.717) is 6.54 Å². The van der Waals surface area contributed by atoms with Crippen molar-refractivity contribution in [1.29, 1.82) is 0 Å². The number of quaternary nitrogens is 1. The van der Waals surface area contributed by atoms with Gasteiger partial charge in [-0.05, 0) is 61.8 Å². The molecular weight excluding hydrogens is 348 g/mol. The zero-order valence-corrected chi connectivity index (χ0v) is 17.1. The molecule has 0 aliphatic carbocycles. The van der Waals surface area contributed by atoms with Gasteiger partial charge < -0.3 is 15.0 Å². The number of amides is 1. The molecule has 28 heavy (non-hydrogen) atoms. The highest BCUT2D eigenvalue weighted by Gasteiger charge is 2.29. The van der Waals surface area contributed by atoms with Crippen LogP contribution in [-0.4, -0.2) is 38.7 Å². The Morgan fingerprint density at radius 2 is 1.75 bits per heavy atom. The largest absolute Gasteiger partial charge is 0.497 e. The number of benzene rings is 2. The first kappa shape index (κ1) is 20.4. The summed E-state index contributed by atoms with van der Waals surface area (Å²) in [7, 11) is 1.67. The van der Waals surface area contributed by atoms with Gasteiger partial charge in [0.1, 0.15) is 5.75 Å². The Kier molecular flexibility index (Phi) is 7.49. The summed E-state index contributed by atoms with van der Waals surface area (Å²) in [6, 6.07) is 18.8. The summed E-state index contributed by atoms with van der Waals surface area (Å²) in [5.41, 5.74) is 2.64. The molecule has 1 saturated heterocycles. The highest BCUT2D eigenvalue weighted by molar-refractivity contribution is 5.79. The van der Waals surface area contributed by atoms with Crippen LogP contribution in [0.15, 0.2) is 54.6 Å². The van der Waals surface area contributed by atoms with E-state index in [1.807, 2.05) is 12.1 Å². The van der Waals surface area contributed by atoms with E-state index in [9.17, 15) is 4.79 Å². The van der Waals surface area contributed by atoms with Crippen molar-refractivity contribution in [2.75, 3.05) is 26.7 Å². The lowest BCUT2D eigenvalue weighted by atomic mass is 9.89. The van der Waals surface area contributed by atoms with Crippen molar-refractivity contribution in [3.63, 3.8) is 0 Å². The van der Waals surface area contributed by atoms with Crippen LogP contribution in [-0.2, 0) is 17.6 Å². The Labute approximate surface area is 168 Å². The van der Waals surface area contributed by atoms with Crippen LogP contribution in [0.2, 0.25) is 0 Å². The maximum Gasteiger partial charge on any atom is 0.278 e. The third kappa shape index (κ3) is 5.83. The molecule has 2 N–H and O–H groups in total. The van der Waals surface area contributed by atoms with Crippen LogP contribution in [0.3, 0.4) is 0 Å². The molecule has 2 aromatic rings. The number of hydrogen-bond acceptors (Lipinski definition) is 2. The summed E-state index contributed by atoms with van der Waals surface area (Å²) >= 11 is 0. The van der Waals surface area contributed by atoms with Crippen LogP contribution in [0, 0.1) is 5.92 Å². The van der Waals surface area contributed by atoms with Crippen LogP contribution in [0.4, 0.5) is 0 Å². The van der Waals surface area contributed by atoms with Crippen molar-refractivity contribution in [2.45, 2.75) is 38.6 Å². The fraction of sp³-hybridized carbons (Fsp3) is 0.458. The quantitative estimate of drug-likeness (QED) is 0.737. The van der Waals surface area contributed by atoms with E-state index in [0.717, 1.165) is 37.6 Å². The molecule has 0 radical (unpaired) electrons. The average molecular weight is 382 g/mol. The smallest absolute Gasteiger partial charge is 0.278 e. The first-order valence-corrected chi connectivity index (χ1v) is 10.4. The second kappa shape index (κ2) is 10.3. The average Bonchev–Trinajstić information content (AvgIpc) is 2.75. The van der Waals surface area contributed by atoms with Crippen molar-refractivity contribution in [3.05, 3.63) is 65.7 Å². The third-order valence-electron chi connectivity index (χ3n) is 5.99. The molecule has 4 nitrogen and oxygen atoms in total. The van der Waals surface area contributed by atoms with Crippen molar-refractivity contribution in [2.24, 2.45) is 5.92 Å². The van der Waals surface area contributed by atoms with Crippen molar-refractivity contribution < 1.29 is 14.4 Å². The summed E-state index contributed by atoms with van der Waals surface area (Å²) < 4.78 is 5.18. The fourth-order valence-electron chi connectivity index (χ4n) is 4.09. The van der Waals surface area contributed by atoms with Crippen molar-refractivity contribution >= 4 is 5.91 Å². The summed E-state index contributed by atoms with van der Waals surface area (Å²) in [4.78, 5) is 14.0. The molecule has 1 fully saturated rings. The highest BCUT2D eigenvalue weighted by Crippen LogP contribution is 2.16. The number of carbonyl (C=O) groups excluding carboxylic acids is 1. The molecule has 0 spiro atoms. The number of rotatable bonds is 8. The fourth-order valence-corrected chi connectivity index (χ4v) is 4.09. The molecule has 0 bridgehead atoms. The maximum atomic E-state index is 12.6. The number of hydrogen-bond donors (Lipinski definition) is 2. The Hall–Kier alpha value is -2.33. The zero-order valence-electron chi connectivity index (χ0n) is 17.1. The lowest BCUT2D eigenvalue weighted by Gasteiger charge is -2.32. The molecule has 2 aromatic carbocycles. The molecule has 150 valence electrons. The van der Waals surface area contributed by atoms with E-state index >= 15 is 0 Å². The van der Waals surface area contributed by atoms with Gasteiger partial charge in [-0.1, -0.05) is 42.5 Å². The minimum atomic E-state index is 0.0218. The van der Waals surface area contributed by atoms with Crippen LogP contribution in [0.5, 0.6) is 5.75 Å². The number of nitrogens with one attached hydrogen (secondary N) is 2. The second-order valence-corrected chi connectivity index (χ2v) is 7.90. The van der Waals surface area contributed by atoms with E-state index in [1.165, 1.54) is 28.9 Å². The van der Waals surface area contributed by atoms with Crippen LogP contribution < -0.4 is 15.0 Å². The minimum absolute atomic E-state index is 0.0218. The monoisotopic (exact) mass is 381 g/mol. The summed E-state index contributed by atoms with van der Waals surface area (Å²) in [5, 5.41) is 3.12. The summed E-state index contributed by atoms with van der Waals surface area (Å²) in [5.74, 6) is 1.78. The second-order valence-electron chi connectivity index (χ2n) is 7.90. The van der Waals surface area contributed by atoms with E-state index in [2.05, 4.69) is 54.7 Å². The molecule has 0 aromatic heterocycles. The normalized spacial score (nSPS) is 20.4. The topological polar surface area (TPSA) is 42.8 Å². The van der Waals surface area contributed by atoms with Gasteiger partial charge in [-0.15, -0.1) is 0 Å². The van der Waals surface area contributed by atoms with Gasteiger partial charge >= 0.3 is 0 Å². The lowest BCUT2D eigenvalue weighted by molar-refractivity contribution is -0.920. The van der Waals surface area contributed by atoms with E-state index in [4.69, 9.17) is 4.74 Å². The number of methoxy groups -OCH3 is 1. The number of carbonyl (C=O) groups is 1. The van der Waals surface area contributed by atoms with E-state index in [1.54, 1.807) is 7.11 Å². The molecule has 1 aliphatic heterocycles.